The number of ether oxygens (including phenoxy) is 1. The first-order valence-corrected chi connectivity index (χ1v) is 7.96. The number of nitrogens with one attached hydrogen (secondary N) is 2. The van der Waals surface area contributed by atoms with Crippen molar-refractivity contribution in [1.82, 2.24) is 15.2 Å². The van der Waals surface area contributed by atoms with Gasteiger partial charge in [-0.2, -0.15) is 5.10 Å². The lowest BCUT2D eigenvalue weighted by atomic mass is 10.2. The highest BCUT2D eigenvalue weighted by molar-refractivity contribution is 9.10. The largest absolute Gasteiger partial charge is 0.480 e. The van der Waals surface area contributed by atoms with E-state index in [-0.39, 0.29) is 11.7 Å². The number of fused-ring (bicyclic) bond motifs is 1. The molecular formula is C16H14BrFN4O2. The van der Waals surface area contributed by atoms with Gasteiger partial charge in [0.05, 0.1) is 16.4 Å². The Morgan fingerprint density at radius 2 is 2.21 bits per heavy atom. The Hall–Kier alpha value is -2.48. The highest BCUT2D eigenvalue weighted by atomic mass is 79.9. The third-order valence-electron chi connectivity index (χ3n) is 3.43. The summed E-state index contributed by atoms with van der Waals surface area (Å²) in [7, 11) is 0. The van der Waals surface area contributed by atoms with Crippen LogP contribution in [0.2, 0.25) is 0 Å². The molecule has 0 fully saturated rings. The minimum atomic E-state index is -0.770. The van der Waals surface area contributed by atoms with Crippen molar-refractivity contribution < 1.29 is 13.9 Å². The molecule has 1 amide bonds. The number of aromatic amines is 1. The van der Waals surface area contributed by atoms with Gasteiger partial charge in [0.2, 0.25) is 0 Å². The first-order chi connectivity index (χ1) is 11.4. The molecule has 6 nitrogen and oxygen atoms in total. The zero-order valence-corrected chi connectivity index (χ0v) is 14.5. The number of carbonyl (C=O) groups excluding carboxylic acids is 1. The summed E-state index contributed by atoms with van der Waals surface area (Å²) in [5.41, 5.74) is 2.00. The van der Waals surface area contributed by atoms with Gasteiger partial charge in [-0.1, -0.05) is 0 Å². The Bertz CT molecular complexity index is 912. The van der Waals surface area contributed by atoms with Crippen LogP contribution in [-0.2, 0) is 4.79 Å². The van der Waals surface area contributed by atoms with Gasteiger partial charge in [-0.15, -0.1) is 0 Å². The van der Waals surface area contributed by atoms with E-state index >= 15 is 0 Å². The molecule has 1 atom stereocenters. The van der Waals surface area contributed by atoms with Gasteiger partial charge in [0, 0.05) is 11.1 Å². The van der Waals surface area contributed by atoms with Crippen LogP contribution in [-0.4, -0.2) is 27.2 Å². The molecule has 0 aliphatic rings. The third kappa shape index (κ3) is 3.38. The van der Waals surface area contributed by atoms with Gasteiger partial charge < -0.3 is 10.1 Å². The summed E-state index contributed by atoms with van der Waals surface area (Å²) >= 11 is 3.21. The molecule has 0 aliphatic carbocycles. The number of hydrogen-bond donors (Lipinski definition) is 2. The second kappa shape index (κ2) is 6.56. The number of carbonyl (C=O) groups is 1. The molecule has 2 N–H and O–H groups in total. The second-order valence-corrected chi connectivity index (χ2v) is 6.12. The summed E-state index contributed by atoms with van der Waals surface area (Å²) in [5, 5.41) is 10.5. The fraction of sp³-hybridized carbons (Fsp3) is 0.188. The van der Waals surface area contributed by atoms with E-state index in [0.717, 1.165) is 11.1 Å². The van der Waals surface area contributed by atoms with E-state index in [1.54, 1.807) is 13.0 Å². The topological polar surface area (TPSA) is 79.9 Å². The number of nitrogens with zero attached hydrogens (tertiary/aromatic N) is 2. The van der Waals surface area contributed by atoms with Gasteiger partial charge in [-0.05, 0) is 54.0 Å². The van der Waals surface area contributed by atoms with Crippen LogP contribution < -0.4 is 10.1 Å². The van der Waals surface area contributed by atoms with E-state index in [4.69, 9.17) is 4.74 Å². The molecule has 0 aliphatic heterocycles. The van der Waals surface area contributed by atoms with Crippen molar-refractivity contribution in [2.75, 3.05) is 5.32 Å². The molecule has 2 heterocycles. The molecule has 24 heavy (non-hydrogen) atoms. The summed E-state index contributed by atoms with van der Waals surface area (Å²) in [6.45, 7) is 3.49. The van der Waals surface area contributed by atoms with Gasteiger partial charge in [-0.3, -0.25) is 9.89 Å². The van der Waals surface area contributed by atoms with E-state index in [2.05, 4.69) is 36.4 Å². The average Bonchev–Trinajstić information content (AvgIpc) is 2.91. The second-order valence-electron chi connectivity index (χ2n) is 5.27. The molecule has 2 aromatic heterocycles. The molecular weight excluding hydrogens is 379 g/mol. The molecule has 3 rings (SSSR count). The van der Waals surface area contributed by atoms with Crippen LogP contribution in [0.5, 0.6) is 5.75 Å². The number of aromatic nitrogens is 3. The number of hydrogen-bond acceptors (Lipinski definition) is 4. The lowest BCUT2D eigenvalue weighted by Crippen LogP contribution is -2.30. The lowest BCUT2D eigenvalue weighted by Gasteiger charge is -2.15. The fourth-order valence-corrected chi connectivity index (χ4v) is 2.59. The normalized spacial score (nSPS) is 12.2. The Kier molecular flexibility index (Phi) is 4.48. The molecule has 0 spiro atoms. The van der Waals surface area contributed by atoms with Crippen molar-refractivity contribution >= 4 is 38.6 Å². The van der Waals surface area contributed by atoms with Crippen molar-refractivity contribution in [3.05, 3.63) is 46.4 Å². The Labute approximate surface area is 145 Å². The number of anilines is 1. The predicted molar refractivity (Wildman–Crippen MR) is 91.4 cm³/mol. The van der Waals surface area contributed by atoms with Crippen LogP contribution in [0.3, 0.4) is 0 Å². The minimum Gasteiger partial charge on any atom is -0.480 e. The SMILES string of the molecule is Cc1[nH]nc2ncc(NC(=O)C(C)Oc3ccc(F)cc3Br)cc12. The first-order valence-electron chi connectivity index (χ1n) is 7.17. The van der Waals surface area contributed by atoms with Crippen molar-refractivity contribution in [2.24, 2.45) is 0 Å². The molecule has 0 radical (unpaired) electrons. The Morgan fingerprint density at radius 3 is 2.96 bits per heavy atom. The predicted octanol–water partition coefficient (Wildman–Crippen LogP) is 3.57. The zero-order valence-electron chi connectivity index (χ0n) is 12.9. The van der Waals surface area contributed by atoms with Gasteiger partial charge in [0.15, 0.2) is 11.8 Å². The van der Waals surface area contributed by atoms with E-state index in [1.165, 1.54) is 24.4 Å². The highest BCUT2D eigenvalue weighted by Crippen LogP contribution is 2.26. The molecule has 0 saturated carbocycles. The number of halogens is 2. The minimum absolute atomic E-state index is 0.339. The van der Waals surface area contributed by atoms with Crippen LogP contribution in [0.1, 0.15) is 12.6 Å². The number of pyridine rings is 1. The standard InChI is InChI=1S/C16H14BrFN4O2/c1-8-12-6-11(7-19-15(12)22-21-8)20-16(23)9(2)24-14-4-3-10(18)5-13(14)17/h3-7,9H,1-2H3,(H,20,23)(H,19,21,22). The summed E-state index contributed by atoms with van der Waals surface area (Å²) in [6, 6.07) is 5.80. The molecule has 1 unspecified atom stereocenters. The van der Waals surface area contributed by atoms with Gasteiger partial charge in [-0.25, -0.2) is 9.37 Å². The number of amides is 1. The number of benzene rings is 1. The summed E-state index contributed by atoms with van der Waals surface area (Å²) < 4.78 is 19.1. The molecule has 3 aromatic rings. The Morgan fingerprint density at radius 1 is 1.42 bits per heavy atom. The third-order valence-corrected chi connectivity index (χ3v) is 4.05. The quantitative estimate of drug-likeness (QED) is 0.710. The van der Waals surface area contributed by atoms with Gasteiger partial charge in [0.25, 0.3) is 5.91 Å². The van der Waals surface area contributed by atoms with Crippen LogP contribution in [0, 0.1) is 12.7 Å². The molecule has 0 bridgehead atoms. The van der Waals surface area contributed by atoms with Crippen LogP contribution in [0.15, 0.2) is 34.9 Å². The van der Waals surface area contributed by atoms with Gasteiger partial charge in [0.1, 0.15) is 11.6 Å². The molecule has 1 aromatic carbocycles. The maximum atomic E-state index is 13.1. The van der Waals surface area contributed by atoms with Crippen LogP contribution >= 0.6 is 15.9 Å². The van der Waals surface area contributed by atoms with E-state index in [9.17, 15) is 9.18 Å². The van der Waals surface area contributed by atoms with Crippen LogP contribution in [0.4, 0.5) is 10.1 Å². The summed E-state index contributed by atoms with van der Waals surface area (Å²) in [4.78, 5) is 16.5. The summed E-state index contributed by atoms with van der Waals surface area (Å²) in [6.07, 6.45) is 0.758. The van der Waals surface area contributed by atoms with Crippen molar-refractivity contribution in [2.45, 2.75) is 20.0 Å². The first kappa shape index (κ1) is 16.4. The highest BCUT2D eigenvalue weighted by Gasteiger charge is 2.17. The van der Waals surface area contributed by atoms with Crippen LogP contribution in [0.25, 0.3) is 11.0 Å². The smallest absolute Gasteiger partial charge is 0.265 e. The van der Waals surface area contributed by atoms with Crippen molar-refractivity contribution in [3.63, 3.8) is 0 Å². The molecule has 8 heteroatoms. The average molecular weight is 393 g/mol. The number of aryl methyl sites for hydroxylation is 1. The monoisotopic (exact) mass is 392 g/mol. The summed E-state index contributed by atoms with van der Waals surface area (Å²) in [5.74, 6) is -0.340. The maximum Gasteiger partial charge on any atom is 0.265 e. The zero-order chi connectivity index (χ0) is 17.3. The maximum absolute atomic E-state index is 13.1. The Balaban J connectivity index is 1.71. The van der Waals surface area contributed by atoms with E-state index in [1.807, 2.05) is 6.92 Å². The number of rotatable bonds is 4. The van der Waals surface area contributed by atoms with Gasteiger partial charge >= 0.3 is 0 Å². The molecule has 124 valence electrons. The fourth-order valence-electron chi connectivity index (χ4n) is 2.15. The van der Waals surface area contributed by atoms with Crippen molar-refractivity contribution in [1.29, 1.82) is 0 Å². The number of H-pyrrole nitrogens is 1. The van der Waals surface area contributed by atoms with Crippen molar-refractivity contribution in [3.8, 4) is 5.75 Å². The van der Waals surface area contributed by atoms with E-state index in [0.29, 0.717) is 21.6 Å². The lowest BCUT2D eigenvalue weighted by molar-refractivity contribution is -0.122. The van der Waals surface area contributed by atoms with E-state index < -0.39 is 6.10 Å². The molecule has 0 saturated heterocycles.